The molecule has 0 aliphatic carbocycles. The Morgan fingerprint density at radius 1 is 1.08 bits per heavy atom. The second-order valence-corrected chi connectivity index (χ2v) is 5.63. The lowest BCUT2D eigenvalue weighted by Gasteiger charge is -2.15. The van der Waals surface area contributed by atoms with Crippen molar-refractivity contribution in [2.45, 2.75) is 26.5 Å². The Morgan fingerprint density at radius 2 is 1.72 bits per heavy atom. The molecule has 2 aromatic rings. The molecular formula is C19H25FIN3O. The minimum Gasteiger partial charge on any atom is -0.387 e. The van der Waals surface area contributed by atoms with E-state index in [-0.39, 0.29) is 29.8 Å². The summed E-state index contributed by atoms with van der Waals surface area (Å²) in [5.41, 5.74) is 2.95. The van der Waals surface area contributed by atoms with Crippen LogP contribution in [0.15, 0.2) is 53.5 Å². The Bertz CT molecular complexity index is 659. The number of aliphatic hydroxyl groups excluding tert-OH is 1. The third kappa shape index (κ3) is 7.39. The number of halogens is 2. The van der Waals surface area contributed by atoms with Gasteiger partial charge in [-0.25, -0.2) is 9.38 Å². The molecule has 0 saturated carbocycles. The van der Waals surface area contributed by atoms with Crippen molar-refractivity contribution < 1.29 is 9.50 Å². The first-order valence-electron chi connectivity index (χ1n) is 8.09. The van der Waals surface area contributed by atoms with E-state index in [1.807, 2.05) is 38.1 Å². The van der Waals surface area contributed by atoms with E-state index in [1.54, 1.807) is 12.1 Å². The van der Waals surface area contributed by atoms with Gasteiger partial charge < -0.3 is 15.7 Å². The highest BCUT2D eigenvalue weighted by atomic mass is 127. The molecule has 3 N–H and O–H groups in total. The predicted octanol–water partition coefficient (Wildman–Crippen LogP) is 3.54. The molecule has 0 heterocycles. The van der Waals surface area contributed by atoms with Crippen LogP contribution in [-0.4, -0.2) is 24.2 Å². The molecule has 0 amide bonds. The monoisotopic (exact) mass is 457 g/mol. The van der Waals surface area contributed by atoms with Crippen molar-refractivity contribution in [3.8, 4) is 0 Å². The van der Waals surface area contributed by atoms with Gasteiger partial charge in [-0.05, 0) is 37.1 Å². The second kappa shape index (κ2) is 11.0. The maximum absolute atomic E-state index is 12.9. The highest BCUT2D eigenvalue weighted by Gasteiger charge is 2.08. The number of hydrogen-bond acceptors (Lipinski definition) is 2. The van der Waals surface area contributed by atoms with Crippen molar-refractivity contribution in [1.29, 1.82) is 0 Å². The van der Waals surface area contributed by atoms with E-state index < -0.39 is 6.10 Å². The normalized spacial score (nSPS) is 12.2. The van der Waals surface area contributed by atoms with E-state index in [0.29, 0.717) is 19.0 Å². The van der Waals surface area contributed by atoms with Gasteiger partial charge in [0.05, 0.1) is 12.6 Å². The fourth-order valence-electron chi connectivity index (χ4n) is 2.20. The first-order chi connectivity index (χ1) is 11.6. The van der Waals surface area contributed by atoms with Crippen LogP contribution >= 0.6 is 24.0 Å². The van der Waals surface area contributed by atoms with Crippen LogP contribution in [0.1, 0.15) is 29.7 Å². The molecule has 2 aromatic carbocycles. The molecule has 0 aliphatic rings. The number of hydrogen-bond donors (Lipinski definition) is 3. The summed E-state index contributed by atoms with van der Waals surface area (Å²) < 4.78 is 12.9. The molecule has 0 aliphatic heterocycles. The number of guanidine groups is 1. The molecule has 6 heteroatoms. The number of rotatable bonds is 6. The molecule has 136 valence electrons. The van der Waals surface area contributed by atoms with Crippen molar-refractivity contribution in [2.24, 2.45) is 4.99 Å². The van der Waals surface area contributed by atoms with Gasteiger partial charge in [-0.15, -0.1) is 24.0 Å². The zero-order valence-electron chi connectivity index (χ0n) is 14.5. The summed E-state index contributed by atoms with van der Waals surface area (Å²) in [6.45, 7) is 5.51. The number of aryl methyl sites for hydroxylation is 1. The van der Waals surface area contributed by atoms with E-state index in [9.17, 15) is 9.50 Å². The summed E-state index contributed by atoms with van der Waals surface area (Å²) >= 11 is 0. The highest BCUT2D eigenvalue weighted by molar-refractivity contribution is 14.0. The van der Waals surface area contributed by atoms with Gasteiger partial charge in [0.25, 0.3) is 0 Å². The summed E-state index contributed by atoms with van der Waals surface area (Å²) in [5, 5.41) is 16.5. The van der Waals surface area contributed by atoms with Crippen LogP contribution < -0.4 is 10.6 Å². The van der Waals surface area contributed by atoms with Crippen LogP contribution in [0.25, 0.3) is 0 Å². The van der Waals surface area contributed by atoms with Crippen molar-refractivity contribution in [1.82, 2.24) is 10.6 Å². The molecule has 0 saturated heterocycles. The Hall–Kier alpha value is -1.67. The maximum atomic E-state index is 12.9. The largest absolute Gasteiger partial charge is 0.387 e. The lowest BCUT2D eigenvalue weighted by Crippen LogP contribution is -2.39. The summed E-state index contributed by atoms with van der Waals surface area (Å²) in [6, 6.07) is 14.1. The topological polar surface area (TPSA) is 56.7 Å². The molecule has 0 radical (unpaired) electrons. The molecule has 25 heavy (non-hydrogen) atoms. The van der Waals surface area contributed by atoms with E-state index in [1.165, 1.54) is 12.1 Å². The number of nitrogens with zero attached hydrogens (tertiary/aromatic N) is 1. The van der Waals surface area contributed by atoms with Gasteiger partial charge in [0.2, 0.25) is 0 Å². The molecule has 0 aromatic heterocycles. The van der Waals surface area contributed by atoms with Crippen LogP contribution in [0, 0.1) is 12.7 Å². The first-order valence-corrected chi connectivity index (χ1v) is 8.09. The highest BCUT2D eigenvalue weighted by Crippen LogP contribution is 2.12. The fourth-order valence-corrected chi connectivity index (χ4v) is 2.20. The van der Waals surface area contributed by atoms with Crippen molar-refractivity contribution >= 4 is 29.9 Å². The predicted molar refractivity (Wildman–Crippen MR) is 111 cm³/mol. The zero-order chi connectivity index (χ0) is 17.4. The van der Waals surface area contributed by atoms with Gasteiger partial charge in [-0.1, -0.05) is 42.0 Å². The van der Waals surface area contributed by atoms with Crippen molar-refractivity contribution in [2.75, 3.05) is 13.1 Å². The average molecular weight is 457 g/mol. The first kappa shape index (κ1) is 21.4. The number of nitrogens with one attached hydrogen (secondary N) is 2. The average Bonchev–Trinajstić information content (AvgIpc) is 2.59. The van der Waals surface area contributed by atoms with Crippen LogP contribution in [0.2, 0.25) is 0 Å². The standard InChI is InChI=1S/C19H24FN3O.HI/c1-3-21-19(22-12-15-6-10-17(20)11-7-15)23-13-18(24)16-8-4-14(2)5-9-16;/h4-11,18,24H,3,12-13H2,1-2H3,(H2,21,22,23);1H. The molecule has 4 nitrogen and oxygen atoms in total. The fraction of sp³-hybridized carbons (Fsp3) is 0.316. The summed E-state index contributed by atoms with van der Waals surface area (Å²) in [7, 11) is 0. The SMILES string of the molecule is CCNC(=NCc1ccc(F)cc1)NCC(O)c1ccc(C)cc1.I. The van der Waals surface area contributed by atoms with Gasteiger partial charge >= 0.3 is 0 Å². The molecule has 1 unspecified atom stereocenters. The van der Waals surface area contributed by atoms with E-state index in [4.69, 9.17) is 0 Å². The second-order valence-electron chi connectivity index (χ2n) is 5.63. The molecule has 0 fully saturated rings. The summed E-state index contributed by atoms with van der Waals surface area (Å²) in [4.78, 5) is 4.45. The summed E-state index contributed by atoms with van der Waals surface area (Å²) in [5.74, 6) is 0.363. The lowest BCUT2D eigenvalue weighted by molar-refractivity contribution is 0.181. The minimum absolute atomic E-state index is 0. The molecule has 0 bridgehead atoms. The number of benzene rings is 2. The minimum atomic E-state index is -0.611. The number of aliphatic hydroxyl groups is 1. The van der Waals surface area contributed by atoms with Crippen LogP contribution in [0.5, 0.6) is 0 Å². The van der Waals surface area contributed by atoms with Gasteiger partial charge in [-0.3, -0.25) is 0 Å². The van der Waals surface area contributed by atoms with Gasteiger partial charge in [0.1, 0.15) is 5.82 Å². The molecular weight excluding hydrogens is 432 g/mol. The van der Waals surface area contributed by atoms with Crippen molar-refractivity contribution in [3.05, 3.63) is 71.0 Å². The van der Waals surface area contributed by atoms with E-state index >= 15 is 0 Å². The maximum Gasteiger partial charge on any atom is 0.191 e. The van der Waals surface area contributed by atoms with Crippen LogP contribution in [0.4, 0.5) is 4.39 Å². The lowest BCUT2D eigenvalue weighted by atomic mass is 10.1. The van der Waals surface area contributed by atoms with Gasteiger partial charge in [0.15, 0.2) is 5.96 Å². The Labute approximate surface area is 165 Å². The van der Waals surface area contributed by atoms with E-state index in [2.05, 4.69) is 15.6 Å². The molecule has 2 rings (SSSR count). The summed E-state index contributed by atoms with van der Waals surface area (Å²) in [6.07, 6.45) is -0.611. The Morgan fingerprint density at radius 3 is 2.32 bits per heavy atom. The Kier molecular flexibility index (Phi) is 9.44. The third-order valence-electron chi connectivity index (χ3n) is 3.60. The molecule has 1 atom stereocenters. The Balaban J connectivity index is 0.00000312. The molecule has 0 spiro atoms. The number of aliphatic imine (C=N–C) groups is 1. The zero-order valence-corrected chi connectivity index (χ0v) is 16.8. The van der Waals surface area contributed by atoms with Gasteiger partial charge in [0, 0.05) is 13.1 Å². The quantitative estimate of drug-likeness (QED) is 0.354. The van der Waals surface area contributed by atoms with E-state index in [0.717, 1.165) is 23.2 Å². The third-order valence-corrected chi connectivity index (χ3v) is 3.60. The van der Waals surface area contributed by atoms with Crippen molar-refractivity contribution in [3.63, 3.8) is 0 Å². The van der Waals surface area contributed by atoms with Crippen LogP contribution in [-0.2, 0) is 6.54 Å². The smallest absolute Gasteiger partial charge is 0.191 e. The van der Waals surface area contributed by atoms with Gasteiger partial charge in [-0.2, -0.15) is 0 Å². The van der Waals surface area contributed by atoms with Crippen LogP contribution in [0.3, 0.4) is 0 Å².